The van der Waals surface area contributed by atoms with Crippen LogP contribution in [0.25, 0.3) is 65.8 Å². The quantitative estimate of drug-likeness (QED) is 0.165. The van der Waals surface area contributed by atoms with Gasteiger partial charge in [-0.15, -0.1) is 65.4 Å². The van der Waals surface area contributed by atoms with Crippen molar-refractivity contribution in [2.24, 2.45) is 5.41 Å². The van der Waals surface area contributed by atoms with Gasteiger partial charge in [-0.25, -0.2) is 4.98 Å². The molecular weight excluding hydrogens is 847 g/mol. The molecule has 4 aromatic carbocycles. The molecule has 8 aromatic rings. The molecule has 0 amide bonds. The summed E-state index contributed by atoms with van der Waals surface area (Å²) in [6, 6.07) is 33.6. The minimum atomic E-state index is -2.09. The van der Waals surface area contributed by atoms with Crippen molar-refractivity contribution in [1.29, 1.82) is 0 Å². The van der Waals surface area contributed by atoms with Crippen LogP contribution in [0.5, 0.6) is 0 Å². The minimum Gasteiger partial charge on any atom is -0.498 e. The van der Waals surface area contributed by atoms with Crippen molar-refractivity contribution in [1.82, 2.24) is 15.0 Å². The summed E-state index contributed by atoms with van der Waals surface area (Å²) in [7, 11) is 0. The molecule has 0 spiro atoms. The Morgan fingerprint density at radius 2 is 1.55 bits per heavy atom. The zero-order valence-corrected chi connectivity index (χ0v) is 34.4. The standard InChI is InChI=1S/C35H35N2OS.C12H10N.Ir/c1-20-11-9-12-21(2)29(20)26-17-27(36-19-22(26)18-34(3,4)5)25-14-10-13-23-24-15-16-28-30(32(24)38-31(23)25)37-33(39-28)35(6,7)8;1-10-7-8-12(13-9-10)11-5-3-2-4-6-11;/h9-13,15-17,19H,18H2,1-8H3;2-5,7-9H,1H3;/q2*-1;/i18D2;1D3;. The monoisotopic (exact) mass is 897 g/mol. The predicted octanol–water partition coefficient (Wildman–Crippen LogP) is 13.1. The second kappa shape index (κ2) is 15.1. The molecule has 4 nitrogen and oxygen atoms in total. The van der Waals surface area contributed by atoms with E-state index in [9.17, 15) is 0 Å². The first-order valence-corrected chi connectivity index (χ1v) is 18.3. The molecule has 0 atom stereocenters. The average Bonchev–Trinajstić information content (AvgIpc) is 3.77. The molecule has 0 saturated heterocycles. The van der Waals surface area contributed by atoms with Gasteiger partial charge in [-0.1, -0.05) is 95.0 Å². The Balaban J connectivity index is 0.000000280. The topological polar surface area (TPSA) is 51.8 Å². The van der Waals surface area contributed by atoms with Crippen LogP contribution in [0.2, 0.25) is 0 Å². The number of benzene rings is 4. The van der Waals surface area contributed by atoms with Crippen LogP contribution in [0.1, 0.15) is 75.7 Å². The van der Waals surface area contributed by atoms with E-state index in [2.05, 4.69) is 76.0 Å². The summed E-state index contributed by atoms with van der Waals surface area (Å²) in [6.07, 6.45) is 1.49. The molecule has 8 rings (SSSR count). The maximum absolute atomic E-state index is 9.15. The summed E-state index contributed by atoms with van der Waals surface area (Å²) in [5.41, 5.74) is 9.68. The van der Waals surface area contributed by atoms with E-state index >= 15 is 0 Å². The fourth-order valence-electron chi connectivity index (χ4n) is 6.35. The van der Waals surface area contributed by atoms with Gasteiger partial charge in [-0.3, -0.25) is 0 Å². The fourth-order valence-corrected chi connectivity index (χ4v) is 7.37. The molecule has 0 fully saturated rings. The van der Waals surface area contributed by atoms with E-state index in [-0.39, 0.29) is 31.1 Å². The van der Waals surface area contributed by atoms with Crippen LogP contribution in [-0.2, 0) is 31.9 Å². The van der Waals surface area contributed by atoms with Crippen LogP contribution >= 0.6 is 11.3 Å². The number of nitrogens with zero attached hydrogens (tertiary/aromatic N) is 3. The maximum atomic E-state index is 9.15. The summed E-state index contributed by atoms with van der Waals surface area (Å²) >= 11 is 1.71. The Hall–Kier alpha value is -4.48. The van der Waals surface area contributed by atoms with Crippen LogP contribution in [0.4, 0.5) is 0 Å². The Kier molecular flexibility index (Phi) is 9.12. The molecule has 0 saturated carbocycles. The molecule has 4 heterocycles. The zero-order chi connectivity index (χ0) is 41.1. The fraction of sp³-hybridized carbons (Fsp3) is 0.255. The van der Waals surface area contributed by atoms with Gasteiger partial charge in [0.15, 0.2) is 0 Å². The number of hydrogen-bond donors (Lipinski definition) is 0. The Bertz CT molecular complexity index is 2720. The van der Waals surface area contributed by atoms with Gasteiger partial charge in [0.25, 0.3) is 0 Å². The van der Waals surface area contributed by atoms with Crippen LogP contribution in [0.15, 0.2) is 102 Å². The van der Waals surface area contributed by atoms with E-state index in [0.717, 1.165) is 70.7 Å². The molecule has 6 heteroatoms. The summed E-state index contributed by atoms with van der Waals surface area (Å²) in [4.78, 5) is 14.0. The molecule has 4 aromatic heterocycles. The number of pyridine rings is 2. The SMILES string of the molecule is [2H]C([2H])([2H])c1ccc(-c2[c-]cccc2)nc1.[2H]C([2H])(c1cnc(-c2[c-]ccc3c2oc2c3ccc3sc(C(C)(C)C)nc32)cc1-c1c(C)cccc1C)C(C)(C)C.[Ir]. The molecule has 0 aliphatic carbocycles. The number of furan rings is 1. The van der Waals surface area contributed by atoms with E-state index < -0.39 is 18.6 Å². The van der Waals surface area contributed by atoms with Crippen molar-refractivity contribution >= 4 is 43.5 Å². The Morgan fingerprint density at radius 1 is 0.792 bits per heavy atom. The normalized spacial score (nSPS) is 13.7. The van der Waals surface area contributed by atoms with Gasteiger partial charge >= 0.3 is 0 Å². The Labute approximate surface area is 338 Å². The van der Waals surface area contributed by atoms with Crippen LogP contribution in [0, 0.1) is 38.2 Å². The smallest absolute Gasteiger partial charge is 0.148 e. The number of thiazole rings is 1. The van der Waals surface area contributed by atoms with Gasteiger partial charge in [0.2, 0.25) is 0 Å². The number of rotatable bonds is 4. The van der Waals surface area contributed by atoms with Crippen molar-refractivity contribution in [3.8, 4) is 33.6 Å². The average molecular weight is 897 g/mol. The van der Waals surface area contributed by atoms with Crippen molar-refractivity contribution in [3.63, 3.8) is 0 Å². The van der Waals surface area contributed by atoms with Crippen LogP contribution in [-0.4, -0.2) is 15.0 Å². The van der Waals surface area contributed by atoms with E-state index in [4.69, 9.17) is 21.2 Å². The molecule has 0 bridgehead atoms. The molecule has 0 unspecified atom stereocenters. The third-order valence-corrected chi connectivity index (χ3v) is 10.2. The molecule has 0 N–H and O–H groups in total. The summed E-state index contributed by atoms with van der Waals surface area (Å²) in [5, 5.41) is 3.09. The molecular formula is C47H45IrN3OS-2. The third kappa shape index (κ3) is 8.06. The summed E-state index contributed by atoms with van der Waals surface area (Å²) in [6.45, 7) is 14.4. The van der Waals surface area contributed by atoms with E-state index in [1.807, 2.05) is 63.2 Å². The first-order chi connectivity index (χ1) is 26.8. The van der Waals surface area contributed by atoms with E-state index in [1.54, 1.807) is 35.7 Å². The molecule has 1 radical (unpaired) electrons. The molecule has 0 aliphatic heterocycles. The van der Waals surface area contributed by atoms with Crippen LogP contribution in [0.3, 0.4) is 0 Å². The van der Waals surface area contributed by atoms with Gasteiger partial charge < -0.3 is 14.4 Å². The second-order valence-corrected chi connectivity index (χ2v) is 16.3. The molecule has 0 aliphatic rings. The van der Waals surface area contributed by atoms with E-state index in [1.165, 1.54) is 6.20 Å². The Morgan fingerprint density at radius 3 is 2.21 bits per heavy atom. The van der Waals surface area contributed by atoms with Crippen molar-refractivity contribution in [2.45, 2.75) is 74.0 Å². The summed E-state index contributed by atoms with van der Waals surface area (Å²) in [5.74, 6) is 0. The molecule has 271 valence electrons. The second-order valence-electron chi connectivity index (χ2n) is 15.2. The number of hydrogen-bond acceptors (Lipinski definition) is 5. The first-order valence-electron chi connectivity index (χ1n) is 19.9. The van der Waals surface area contributed by atoms with E-state index in [0.29, 0.717) is 16.8 Å². The minimum absolute atomic E-state index is 0. The van der Waals surface area contributed by atoms with Gasteiger partial charge in [0.05, 0.1) is 15.3 Å². The van der Waals surface area contributed by atoms with Crippen molar-refractivity contribution in [3.05, 3.63) is 137 Å². The predicted molar refractivity (Wildman–Crippen MR) is 219 cm³/mol. The number of aromatic nitrogens is 3. The summed E-state index contributed by atoms with van der Waals surface area (Å²) < 4.78 is 47.7. The maximum Gasteiger partial charge on any atom is 0.148 e. The van der Waals surface area contributed by atoms with Gasteiger partial charge in [-0.2, -0.15) is 0 Å². The third-order valence-electron chi connectivity index (χ3n) is 8.77. The van der Waals surface area contributed by atoms with Gasteiger partial charge in [0.1, 0.15) is 11.1 Å². The number of aryl methyl sites for hydroxylation is 3. The molecule has 53 heavy (non-hydrogen) atoms. The van der Waals surface area contributed by atoms with Crippen LogP contribution < -0.4 is 0 Å². The van der Waals surface area contributed by atoms with Crippen molar-refractivity contribution in [2.75, 3.05) is 0 Å². The zero-order valence-electron chi connectivity index (χ0n) is 36.2. The van der Waals surface area contributed by atoms with Gasteiger partial charge in [0, 0.05) is 50.2 Å². The van der Waals surface area contributed by atoms with Crippen molar-refractivity contribution < 1.29 is 31.4 Å². The number of fused-ring (bicyclic) bond motifs is 5. The van der Waals surface area contributed by atoms with Gasteiger partial charge in [-0.05, 0) is 83.3 Å². The largest absolute Gasteiger partial charge is 0.498 e. The first kappa shape index (κ1) is 32.0.